The van der Waals surface area contributed by atoms with Gasteiger partial charge in [0, 0.05) is 30.5 Å². The van der Waals surface area contributed by atoms with Gasteiger partial charge in [-0.2, -0.15) is 0 Å². The molecule has 0 saturated carbocycles. The van der Waals surface area contributed by atoms with E-state index in [4.69, 9.17) is 9.47 Å². The van der Waals surface area contributed by atoms with Crippen molar-refractivity contribution < 1.29 is 9.47 Å². The van der Waals surface area contributed by atoms with Gasteiger partial charge in [0.15, 0.2) is 0 Å². The maximum atomic E-state index is 5.72. The van der Waals surface area contributed by atoms with Crippen LogP contribution in [0.25, 0.3) is 10.8 Å². The summed E-state index contributed by atoms with van der Waals surface area (Å²) in [4.78, 5) is 10.3. The fraction of sp³-hybridized carbons (Fsp3) is 0.350. The normalized spacial score (nSPS) is 18.6. The van der Waals surface area contributed by atoms with Crippen LogP contribution in [-0.2, 0) is 11.3 Å². The Hall–Kier alpha value is -2.37. The summed E-state index contributed by atoms with van der Waals surface area (Å²) in [5, 5.41) is 2.47. The number of hydrogen-bond donors (Lipinski definition) is 1. The van der Waals surface area contributed by atoms with E-state index in [0.717, 1.165) is 37.0 Å². The lowest BCUT2D eigenvalue weighted by Crippen LogP contribution is -2.39. The molecule has 5 heteroatoms. The molecule has 1 aromatic heterocycles. The molecule has 25 heavy (non-hydrogen) atoms. The molecule has 1 atom stereocenters. The van der Waals surface area contributed by atoms with E-state index in [2.05, 4.69) is 51.3 Å². The molecule has 1 aliphatic heterocycles. The van der Waals surface area contributed by atoms with Gasteiger partial charge in [0.05, 0.1) is 26.4 Å². The van der Waals surface area contributed by atoms with Gasteiger partial charge in [-0.1, -0.05) is 30.3 Å². The Balaban J connectivity index is 1.71. The Bertz CT molecular complexity index is 874. The molecular formula is C20H23N3O2. The van der Waals surface area contributed by atoms with Crippen LogP contribution in [0.15, 0.2) is 42.6 Å². The molecule has 130 valence electrons. The van der Waals surface area contributed by atoms with Crippen LogP contribution in [0.4, 0.5) is 0 Å². The lowest BCUT2D eigenvalue weighted by molar-refractivity contribution is -0.0157. The summed E-state index contributed by atoms with van der Waals surface area (Å²) in [6.45, 7) is 5.09. The number of benzene rings is 2. The first-order valence-electron chi connectivity index (χ1n) is 8.64. The number of nitrogens with zero attached hydrogens (tertiary/aromatic N) is 2. The third-order valence-electron chi connectivity index (χ3n) is 4.86. The first-order chi connectivity index (χ1) is 12.3. The highest BCUT2D eigenvalue weighted by Gasteiger charge is 2.28. The lowest BCUT2D eigenvalue weighted by atomic mass is 10.0. The molecule has 0 amide bonds. The summed E-state index contributed by atoms with van der Waals surface area (Å²) in [5.41, 5.74) is 2.29. The average molecular weight is 337 g/mol. The molecule has 2 aromatic carbocycles. The van der Waals surface area contributed by atoms with Gasteiger partial charge in [0.1, 0.15) is 11.6 Å². The van der Waals surface area contributed by atoms with E-state index in [-0.39, 0.29) is 6.04 Å². The van der Waals surface area contributed by atoms with Gasteiger partial charge in [-0.05, 0) is 23.8 Å². The fourth-order valence-electron chi connectivity index (χ4n) is 3.55. The standard InChI is InChI=1S/C20H23N3O2/c1-14-11-21-20(22-14)18-13-25-10-9-23(18)12-17-16-6-4-3-5-15(16)7-8-19(17)24-2/h3-8,11,18H,9-10,12-13H2,1-2H3,(H,21,22)/t18-/m1/s1. The average Bonchev–Trinajstić information content (AvgIpc) is 3.08. The van der Waals surface area contributed by atoms with Crippen LogP contribution in [0, 0.1) is 6.92 Å². The topological polar surface area (TPSA) is 50.4 Å². The molecule has 5 nitrogen and oxygen atoms in total. The van der Waals surface area contributed by atoms with E-state index < -0.39 is 0 Å². The zero-order chi connectivity index (χ0) is 17.2. The van der Waals surface area contributed by atoms with E-state index in [1.54, 1.807) is 7.11 Å². The third kappa shape index (κ3) is 3.13. The molecule has 4 rings (SSSR count). The molecule has 1 saturated heterocycles. The molecule has 0 radical (unpaired) electrons. The predicted octanol–water partition coefficient (Wildman–Crippen LogP) is 3.45. The second-order valence-electron chi connectivity index (χ2n) is 6.48. The van der Waals surface area contributed by atoms with E-state index in [9.17, 15) is 0 Å². The van der Waals surface area contributed by atoms with Crippen molar-refractivity contribution in [1.82, 2.24) is 14.9 Å². The molecule has 2 heterocycles. The first kappa shape index (κ1) is 16.1. The van der Waals surface area contributed by atoms with Crippen molar-refractivity contribution in [2.75, 3.05) is 26.9 Å². The largest absolute Gasteiger partial charge is 0.496 e. The Kier molecular flexibility index (Phi) is 4.42. The number of imidazole rings is 1. The van der Waals surface area contributed by atoms with Crippen molar-refractivity contribution >= 4 is 10.8 Å². The highest BCUT2D eigenvalue weighted by Crippen LogP contribution is 2.32. The Morgan fingerprint density at radius 2 is 2.16 bits per heavy atom. The molecular weight excluding hydrogens is 314 g/mol. The van der Waals surface area contributed by atoms with Crippen LogP contribution in [0.1, 0.15) is 23.1 Å². The minimum Gasteiger partial charge on any atom is -0.496 e. The van der Waals surface area contributed by atoms with Crippen LogP contribution in [0.3, 0.4) is 0 Å². The van der Waals surface area contributed by atoms with E-state index in [0.29, 0.717) is 6.61 Å². The molecule has 3 aromatic rings. The van der Waals surface area contributed by atoms with Crippen molar-refractivity contribution in [2.24, 2.45) is 0 Å². The number of hydrogen-bond acceptors (Lipinski definition) is 4. The predicted molar refractivity (Wildman–Crippen MR) is 97.8 cm³/mol. The van der Waals surface area contributed by atoms with Gasteiger partial charge in [0.25, 0.3) is 0 Å². The highest BCUT2D eigenvalue weighted by molar-refractivity contribution is 5.87. The van der Waals surface area contributed by atoms with Crippen LogP contribution >= 0.6 is 0 Å². The van der Waals surface area contributed by atoms with Gasteiger partial charge in [-0.15, -0.1) is 0 Å². The number of aromatic amines is 1. The number of aryl methyl sites for hydroxylation is 1. The summed E-state index contributed by atoms with van der Waals surface area (Å²) in [5.74, 6) is 1.90. The second kappa shape index (κ2) is 6.86. The smallest absolute Gasteiger partial charge is 0.126 e. The number of aromatic nitrogens is 2. The molecule has 1 N–H and O–H groups in total. The Morgan fingerprint density at radius 3 is 2.96 bits per heavy atom. The summed E-state index contributed by atoms with van der Waals surface area (Å²) in [6.07, 6.45) is 1.88. The molecule has 1 aliphatic rings. The van der Waals surface area contributed by atoms with Gasteiger partial charge in [0.2, 0.25) is 0 Å². The van der Waals surface area contributed by atoms with Crippen molar-refractivity contribution in [3.8, 4) is 5.75 Å². The molecule has 0 spiro atoms. The van der Waals surface area contributed by atoms with Crippen LogP contribution < -0.4 is 4.74 Å². The minimum absolute atomic E-state index is 0.131. The van der Waals surface area contributed by atoms with Crippen LogP contribution in [0.2, 0.25) is 0 Å². The number of fused-ring (bicyclic) bond motifs is 1. The minimum atomic E-state index is 0.131. The van der Waals surface area contributed by atoms with Crippen molar-refractivity contribution in [1.29, 1.82) is 0 Å². The van der Waals surface area contributed by atoms with Gasteiger partial charge < -0.3 is 14.5 Å². The van der Waals surface area contributed by atoms with Crippen molar-refractivity contribution in [3.05, 3.63) is 59.7 Å². The van der Waals surface area contributed by atoms with Crippen LogP contribution in [-0.4, -0.2) is 41.7 Å². The van der Waals surface area contributed by atoms with E-state index in [1.807, 2.05) is 13.1 Å². The van der Waals surface area contributed by atoms with Crippen LogP contribution in [0.5, 0.6) is 5.75 Å². The SMILES string of the molecule is COc1ccc2ccccc2c1CN1CCOC[C@@H]1c1ncc(C)[nH]1. The number of nitrogens with one attached hydrogen (secondary N) is 1. The van der Waals surface area contributed by atoms with Gasteiger partial charge in [-0.25, -0.2) is 4.98 Å². The molecule has 0 unspecified atom stereocenters. The molecule has 1 fully saturated rings. The molecule has 0 bridgehead atoms. The number of H-pyrrole nitrogens is 1. The van der Waals surface area contributed by atoms with E-state index >= 15 is 0 Å². The molecule has 0 aliphatic carbocycles. The van der Waals surface area contributed by atoms with E-state index in [1.165, 1.54) is 16.3 Å². The highest BCUT2D eigenvalue weighted by atomic mass is 16.5. The fourth-order valence-corrected chi connectivity index (χ4v) is 3.55. The Morgan fingerprint density at radius 1 is 1.28 bits per heavy atom. The van der Waals surface area contributed by atoms with Gasteiger partial charge >= 0.3 is 0 Å². The number of morpholine rings is 1. The number of methoxy groups -OCH3 is 1. The quantitative estimate of drug-likeness (QED) is 0.792. The maximum Gasteiger partial charge on any atom is 0.126 e. The van der Waals surface area contributed by atoms with Crippen molar-refractivity contribution in [3.63, 3.8) is 0 Å². The summed E-state index contributed by atoms with van der Waals surface area (Å²) < 4.78 is 11.4. The number of ether oxygens (including phenoxy) is 2. The maximum absolute atomic E-state index is 5.72. The second-order valence-corrected chi connectivity index (χ2v) is 6.48. The number of rotatable bonds is 4. The van der Waals surface area contributed by atoms with Crippen molar-refractivity contribution in [2.45, 2.75) is 19.5 Å². The first-order valence-corrected chi connectivity index (χ1v) is 8.64. The third-order valence-corrected chi connectivity index (χ3v) is 4.86. The monoisotopic (exact) mass is 337 g/mol. The Labute approximate surface area is 147 Å². The summed E-state index contributed by atoms with van der Waals surface area (Å²) >= 11 is 0. The zero-order valence-corrected chi connectivity index (χ0v) is 14.7. The zero-order valence-electron chi connectivity index (χ0n) is 14.7. The summed E-state index contributed by atoms with van der Waals surface area (Å²) in [7, 11) is 1.74. The lowest BCUT2D eigenvalue weighted by Gasteiger charge is -2.35. The summed E-state index contributed by atoms with van der Waals surface area (Å²) in [6, 6.07) is 12.8. The van der Waals surface area contributed by atoms with Gasteiger partial charge in [-0.3, -0.25) is 4.90 Å².